The lowest BCUT2D eigenvalue weighted by molar-refractivity contribution is 0.300. The van der Waals surface area contributed by atoms with Crippen LogP contribution >= 0.6 is 22.7 Å². The number of nitrogen functional groups attached to an aromatic ring is 2. The molecule has 256 valence electrons. The minimum absolute atomic E-state index is 0.476. The Morgan fingerprint density at radius 2 is 1.16 bits per heavy atom. The van der Waals surface area contributed by atoms with Gasteiger partial charge in [-0.05, 0) is 63.3 Å². The van der Waals surface area contributed by atoms with E-state index in [1.807, 2.05) is 18.2 Å². The van der Waals surface area contributed by atoms with Crippen LogP contribution in [-0.2, 0) is 12.8 Å². The number of nitrogens with one attached hydrogen (secondary N) is 2. The van der Waals surface area contributed by atoms with Crippen LogP contribution in [0.5, 0.6) is 0 Å². The first kappa shape index (κ1) is 33.5. The minimum atomic E-state index is 0.476. The van der Waals surface area contributed by atoms with Crippen molar-refractivity contribution in [3.05, 3.63) is 70.9 Å². The van der Waals surface area contributed by atoms with Gasteiger partial charge in [-0.1, -0.05) is 38.1 Å². The molecule has 0 radical (unpaired) electrons. The van der Waals surface area contributed by atoms with E-state index in [-0.39, 0.29) is 0 Å². The molecule has 2 aromatic carbocycles. The largest absolute Gasteiger partial charge is 0.382 e. The zero-order valence-corrected chi connectivity index (χ0v) is 29.7. The van der Waals surface area contributed by atoms with Crippen LogP contribution in [0, 0.1) is 0 Å². The number of rotatable bonds is 11. The maximum absolute atomic E-state index is 6.23. The van der Waals surface area contributed by atoms with Crippen LogP contribution < -0.4 is 17.2 Å². The first-order valence-corrected chi connectivity index (χ1v) is 18.5. The number of aromatic amines is 2. The second-order valence-corrected chi connectivity index (χ2v) is 14.2. The molecule has 0 aliphatic carbocycles. The standard InChI is InChI=1S/C20H24N6S.C16H16N6S/c1-3-26(4-2)11-5-6-17-24-18-19(27-17)14-8-7-13(15-9-10-22-25-15)12-16(14)23-20(18)21;17-6-1-2-13-21-14-15(23-13)10-4-3-9(11-5-7-19-22-11)8-12(10)20-16(14)18/h7-10,12H,3-6,11H2,1-2H3,(H2,21,23)(H,22,25);3-5,7-8H,1-2,6,17H2,(H2,18,20)(H,19,22). The minimum Gasteiger partial charge on any atom is -0.382 e. The number of thiazole rings is 2. The van der Waals surface area contributed by atoms with Gasteiger partial charge in [0, 0.05) is 47.1 Å². The number of aromatic nitrogens is 8. The third kappa shape index (κ3) is 6.87. The number of aryl methyl sites for hydroxylation is 2. The van der Waals surface area contributed by atoms with Gasteiger partial charge < -0.3 is 22.1 Å². The first-order valence-electron chi connectivity index (χ1n) is 16.8. The van der Waals surface area contributed by atoms with E-state index in [0.29, 0.717) is 18.2 Å². The van der Waals surface area contributed by atoms with E-state index < -0.39 is 0 Å². The Bertz CT molecular complexity index is 2360. The third-order valence-electron chi connectivity index (χ3n) is 8.77. The molecule has 0 spiro atoms. The predicted molar refractivity (Wildman–Crippen MR) is 207 cm³/mol. The van der Waals surface area contributed by atoms with Crippen molar-refractivity contribution in [3.8, 4) is 22.5 Å². The maximum Gasteiger partial charge on any atom is 0.151 e. The summed E-state index contributed by atoms with van der Waals surface area (Å²) in [7, 11) is 0. The van der Waals surface area contributed by atoms with Gasteiger partial charge in [-0.25, -0.2) is 19.9 Å². The summed E-state index contributed by atoms with van der Waals surface area (Å²) >= 11 is 3.42. The van der Waals surface area contributed by atoms with Crippen LogP contribution in [0.4, 0.5) is 11.6 Å². The molecule has 0 saturated heterocycles. The van der Waals surface area contributed by atoms with Crippen molar-refractivity contribution in [1.82, 2.24) is 45.2 Å². The van der Waals surface area contributed by atoms with E-state index in [4.69, 9.17) is 22.2 Å². The van der Waals surface area contributed by atoms with E-state index in [9.17, 15) is 0 Å². The summed E-state index contributed by atoms with van der Waals surface area (Å²) in [5.41, 5.74) is 25.3. The molecule has 0 aliphatic rings. The second-order valence-electron chi connectivity index (χ2n) is 12.0. The van der Waals surface area contributed by atoms with E-state index in [1.54, 1.807) is 35.1 Å². The van der Waals surface area contributed by atoms with Crippen LogP contribution in [0.3, 0.4) is 0 Å². The molecule has 0 bridgehead atoms. The van der Waals surface area contributed by atoms with Gasteiger partial charge in [-0.2, -0.15) is 10.2 Å². The Kier molecular flexibility index (Phi) is 9.94. The quantitative estimate of drug-likeness (QED) is 0.0957. The number of hydrogen-bond donors (Lipinski definition) is 5. The van der Waals surface area contributed by atoms with Gasteiger partial charge in [0.05, 0.1) is 41.8 Å². The topological polar surface area (TPSA) is 190 Å². The zero-order valence-electron chi connectivity index (χ0n) is 28.1. The van der Waals surface area contributed by atoms with Crippen molar-refractivity contribution in [1.29, 1.82) is 0 Å². The number of H-pyrrole nitrogens is 2. The normalized spacial score (nSPS) is 11.7. The van der Waals surface area contributed by atoms with Gasteiger partial charge in [0.25, 0.3) is 0 Å². The first-order chi connectivity index (χ1) is 24.4. The highest BCUT2D eigenvalue weighted by atomic mass is 32.1. The molecular weight excluding hydrogens is 665 g/mol. The predicted octanol–water partition coefficient (Wildman–Crippen LogP) is 6.80. The van der Waals surface area contributed by atoms with Gasteiger partial charge in [-0.15, -0.1) is 22.7 Å². The number of anilines is 2. The SMILES string of the molecule is CCN(CC)CCCc1nc2c(N)nc3cc(-c4ccn[nH]4)ccc3c2s1.NCCCc1nc2c(N)nc3cc(-c4ccn[nH]4)ccc3c2s1. The molecule has 0 amide bonds. The molecular formula is C36H40N12S2. The number of nitrogens with zero attached hydrogens (tertiary/aromatic N) is 7. The van der Waals surface area contributed by atoms with Crippen molar-refractivity contribution < 1.29 is 0 Å². The van der Waals surface area contributed by atoms with Gasteiger partial charge in [-0.3, -0.25) is 10.2 Å². The van der Waals surface area contributed by atoms with Crippen LogP contribution in [0.2, 0.25) is 0 Å². The molecule has 14 heteroatoms. The summed E-state index contributed by atoms with van der Waals surface area (Å²) < 4.78 is 2.22. The molecule has 0 saturated carbocycles. The van der Waals surface area contributed by atoms with Crippen molar-refractivity contribution in [2.45, 2.75) is 39.5 Å². The number of benzene rings is 2. The van der Waals surface area contributed by atoms with Crippen molar-refractivity contribution >= 4 is 76.5 Å². The highest BCUT2D eigenvalue weighted by molar-refractivity contribution is 7.20. The Hall–Kier alpha value is -5.02. The Balaban J connectivity index is 0.000000159. The zero-order chi connectivity index (χ0) is 34.6. The fourth-order valence-electron chi connectivity index (χ4n) is 6.07. The number of pyridine rings is 2. The van der Waals surface area contributed by atoms with Gasteiger partial charge in [0.15, 0.2) is 11.6 Å². The summed E-state index contributed by atoms with van der Waals surface area (Å²) in [4.78, 5) is 21.0. The van der Waals surface area contributed by atoms with Crippen LogP contribution in [0.15, 0.2) is 60.9 Å². The number of hydrogen-bond acceptors (Lipinski definition) is 12. The second kappa shape index (κ2) is 14.8. The average Bonchev–Trinajstić information content (AvgIpc) is 3.97. The summed E-state index contributed by atoms with van der Waals surface area (Å²) in [6.07, 6.45) is 7.37. The number of nitrogens with two attached hydrogens (primary N) is 3. The molecule has 12 nitrogen and oxygen atoms in total. The van der Waals surface area contributed by atoms with Gasteiger partial charge in [0.2, 0.25) is 0 Å². The summed E-state index contributed by atoms with van der Waals surface area (Å²) in [6, 6.07) is 16.3. The lowest BCUT2D eigenvalue weighted by Gasteiger charge is -2.16. The molecule has 50 heavy (non-hydrogen) atoms. The van der Waals surface area contributed by atoms with Crippen molar-refractivity contribution in [3.63, 3.8) is 0 Å². The lowest BCUT2D eigenvalue weighted by Crippen LogP contribution is -2.24. The molecule has 0 atom stereocenters. The van der Waals surface area contributed by atoms with E-state index >= 15 is 0 Å². The molecule has 0 aliphatic heterocycles. The maximum atomic E-state index is 6.23. The number of fused-ring (bicyclic) bond motifs is 6. The highest BCUT2D eigenvalue weighted by Crippen LogP contribution is 2.36. The lowest BCUT2D eigenvalue weighted by atomic mass is 10.1. The van der Waals surface area contributed by atoms with Crippen LogP contribution in [-0.4, -0.2) is 71.4 Å². The fourth-order valence-corrected chi connectivity index (χ4v) is 8.36. The molecule has 0 unspecified atom stereocenters. The van der Waals surface area contributed by atoms with Crippen LogP contribution in [0.1, 0.15) is 36.7 Å². The fraction of sp³-hybridized carbons (Fsp3) is 0.278. The monoisotopic (exact) mass is 704 g/mol. The molecule has 8 N–H and O–H groups in total. The Labute approximate surface area is 297 Å². The van der Waals surface area contributed by atoms with Crippen molar-refractivity contribution in [2.75, 3.05) is 37.6 Å². The van der Waals surface area contributed by atoms with Gasteiger partial charge >= 0.3 is 0 Å². The van der Waals surface area contributed by atoms with E-state index in [1.165, 1.54) is 0 Å². The highest BCUT2D eigenvalue weighted by Gasteiger charge is 2.15. The Morgan fingerprint density at radius 1 is 0.660 bits per heavy atom. The molecule has 8 aromatic rings. The molecule has 0 fully saturated rings. The van der Waals surface area contributed by atoms with E-state index in [2.05, 4.69) is 84.4 Å². The van der Waals surface area contributed by atoms with Crippen molar-refractivity contribution in [2.24, 2.45) is 5.73 Å². The summed E-state index contributed by atoms with van der Waals surface area (Å²) in [5, 5.41) is 18.3. The third-order valence-corrected chi connectivity index (χ3v) is 11.1. The molecule has 6 heterocycles. The summed E-state index contributed by atoms with van der Waals surface area (Å²) in [5.74, 6) is 0.981. The summed E-state index contributed by atoms with van der Waals surface area (Å²) in [6.45, 7) is 8.37. The van der Waals surface area contributed by atoms with Crippen LogP contribution in [0.25, 0.3) is 64.8 Å². The molecule has 6 aromatic heterocycles. The average molecular weight is 705 g/mol. The smallest absolute Gasteiger partial charge is 0.151 e. The van der Waals surface area contributed by atoms with E-state index in [0.717, 1.165) is 120 Å². The Morgan fingerprint density at radius 3 is 1.60 bits per heavy atom. The van der Waals surface area contributed by atoms with Gasteiger partial charge in [0.1, 0.15) is 11.0 Å². The molecule has 8 rings (SSSR count).